The fourth-order valence-electron chi connectivity index (χ4n) is 6.10. The fourth-order valence-corrected chi connectivity index (χ4v) is 6.10. The smallest absolute Gasteiger partial charge is 0.381 e. The van der Waals surface area contributed by atoms with Crippen molar-refractivity contribution in [2.45, 2.75) is 50.0 Å². The van der Waals surface area contributed by atoms with Crippen LogP contribution in [0.5, 0.6) is 0 Å². The minimum atomic E-state index is -4.38. The molecule has 40 heavy (non-hydrogen) atoms. The van der Waals surface area contributed by atoms with Crippen LogP contribution >= 0.6 is 0 Å². The van der Waals surface area contributed by atoms with Crippen LogP contribution in [0.2, 0.25) is 0 Å². The molecule has 3 aliphatic heterocycles. The van der Waals surface area contributed by atoms with E-state index in [1.165, 1.54) is 12.1 Å². The van der Waals surface area contributed by atoms with Crippen LogP contribution in [0, 0.1) is 0 Å². The molecule has 2 aromatic carbocycles. The molecule has 3 heterocycles. The minimum absolute atomic E-state index is 0.0483. The normalized spacial score (nSPS) is 22.2. The van der Waals surface area contributed by atoms with Crippen molar-refractivity contribution in [3.8, 4) is 11.1 Å². The number of amides is 3. The van der Waals surface area contributed by atoms with Crippen LogP contribution in [0.4, 0.5) is 18.0 Å². The Kier molecular flexibility index (Phi) is 8.37. The van der Waals surface area contributed by atoms with Crippen LogP contribution in [0.15, 0.2) is 48.5 Å². The van der Waals surface area contributed by atoms with Gasteiger partial charge in [-0.25, -0.2) is 4.79 Å². The van der Waals surface area contributed by atoms with E-state index in [1.807, 2.05) is 9.80 Å². The Morgan fingerprint density at radius 3 is 1.88 bits per heavy atom. The Labute approximate surface area is 233 Å². The minimum Gasteiger partial charge on any atom is -0.381 e. The lowest BCUT2D eigenvalue weighted by molar-refractivity contribution is -0.137. The van der Waals surface area contributed by atoms with E-state index < -0.39 is 11.7 Å². The lowest BCUT2D eigenvalue weighted by Crippen LogP contribution is -2.47. The van der Waals surface area contributed by atoms with E-state index in [1.54, 1.807) is 36.2 Å². The number of rotatable bonds is 5. The van der Waals surface area contributed by atoms with Crippen molar-refractivity contribution in [1.29, 1.82) is 0 Å². The van der Waals surface area contributed by atoms with Gasteiger partial charge in [0.2, 0.25) is 0 Å². The summed E-state index contributed by atoms with van der Waals surface area (Å²) in [5, 5.41) is 0. The van der Waals surface area contributed by atoms with Crippen LogP contribution in [0.25, 0.3) is 11.1 Å². The average molecular weight is 559 g/mol. The van der Waals surface area contributed by atoms with Crippen molar-refractivity contribution in [3.05, 3.63) is 59.7 Å². The van der Waals surface area contributed by atoms with Gasteiger partial charge in [-0.05, 0) is 68.1 Å². The summed E-state index contributed by atoms with van der Waals surface area (Å²) in [6.45, 7) is 4.20. The van der Waals surface area contributed by atoms with Crippen molar-refractivity contribution in [1.82, 2.24) is 19.6 Å². The zero-order chi connectivity index (χ0) is 28.4. The Morgan fingerprint density at radius 1 is 0.775 bits per heavy atom. The monoisotopic (exact) mass is 558 g/mol. The van der Waals surface area contributed by atoms with Gasteiger partial charge >= 0.3 is 12.2 Å². The van der Waals surface area contributed by atoms with Gasteiger partial charge in [0.15, 0.2) is 0 Å². The first-order valence-electron chi connectivity index (χ1n) is 14.0. The SMILES string of the molecule is CN(C(=O)c1ccc(-c2ccc(C(F)(F)F)cc2)cc1)[C@H]1CCN(C(=O)N2CC[C@@H](N(C)C3CCOCC3)C2)C1. The zero-order valence-corrected chi connectivity index (χ0v) is 23.1. The molecule has 3 aliphatic rings. The molecule has 0 aliphatic carbocycles. The molecule has 10 heteroatoms. The molecule has 3 fully saturated rings. The molecule has 216 valence electrons. The average Bonchev–Trinajstić information content (AvgIpc) is 3.67. The maximum absolute atomic E-state index is 13.3. The van der Waals surface area contributed by atoms with Crippen molar-refractivity contribution in [2.75, 3.05) is 53.5 Å². The van der Waals surface area contributed by atoms with Crippen molar-refractivity contribution in [2.24, 2.45) is 0 Å². The Morgan fingerprint density at radius 2 is 1.30 bits per heavy atom. The molecule has 0 bridgehead atoms. The van der Waals surface area contributed by atoms with Crippen LogP contribution < -0.4 is 0 Å². The standard InChI is InChI=1S/C30H37F3N4O3/c1-34(25-13-17-40-18-14-25)26-11-15-36(19-26)29(39)37-16-12-27(20-37)35(2)28(38)23-5-3-21(4-6-23)22-7-9-24(10-8-22)30(31,32)33/h3-10,25-27H,11-20H2,1-2H3/t26-,27+/m1/s1. The Bertz CT molecular complexity index is 1180. The molecule has 0 unspecified atom stereocenters. The first kappa shape index (κ1) is 28.4. The predicted molar refractivity (Wildman–Crippen MR) is 146 cm³/mol. The summed E-state index contributed by atoms with van der Waals surface area (Å²) >= 11 is 0. The van der Waals surface area contributed by atoms with Crippen LogP contribution in [-0.2, 0) is 10.9 Å². The molecule has 0 saturated carbocycles. The van der Waals surface area contributed by atoms with Gasteiger partial charge in [-0.15, -0.1) is 0 Å². The van der Waals surface area contributed by atoms with Gasteiger partial charge in [0.05, 0.1) is 11.6 Å². The van der Waals surface area contributed by atoms with Crippen LogP contribution in [-0.4, -0.2) is 103 Å². The number of likely N-dealkylation sites (tertiary alicyclic amines) is 2. The number of urea groups is 1. The fraction of sp³-hybridized carbons (Fsp3) is 0.533. The van der Waals surface area contributed by atoms with E-state index in [4.69, 9.17) is 4.74 Å². The van der Waals surface area contributed by atoms with Gasteiger partial charge < -0.3 is 19.4 Å². The highest BCUT2D eigenvalue weighted by molar-refractivity contribution is 5.95. The maximum atomic E-state index is 13.3. The first-order valence-corrected chi connectivity index (χ1v) is 14.0. The van der Waals surface area contributed by atoms with Crippen molar-refractivity contribution >= 4 is 11.9 Å². The van der Waals surface area contributed by atoms with E-state index in [0.717, 1.165) is 69.7 Å². The zero-order valence-electron chi connectivity index (χ0n) is 23.1. The number of ether oxygens (including phenoxy) is 1. The third kappa shape index (κ3) is 6.12. The number of likely N-dealkylation sites (N-methyl/N-ethyl adjacent to an activating group) is 2. The van der Waals surface area contributed by atoms with Crippen LogP contribution in [0.1, 0.15) is 41.6 Å². The van der Waals surface area contributed by atoms with Crippen LogP contribution in [0.3, 0.4) is 0 Å². The summed E-state index contributed by atoms with van der Waals surface area (Å²) < 4.78 is 44.0. The number of carbonyl (C=O) groups excluding carboxylic acids is 2. The van der Waals surface area contributed by atoms with Gasteiger partial charge in [0, 0.05) is 64.1 Å². The van der Waals surface area contributed by atoms with Crippen molar-refractivity contribution in [3.63, 3.8) is 0 Å². The van der Waals surface area contributed by atoms with Gasteiger partial charge in [-0.3, -0.25) is 9.69 Å². The summed E-state index contributed by atoms with van der Waals surface area (Å²) in [7, 11) is 3.93. The lowest BCUT2D eigenvalue weighted by Gasteiger charge is -2.35. The number of halogens is 3. The quantitative estimate of drug-likeness (QED) is 0.528. The summed E-state index contributed by atoms with van der Waals surface area (Å²) in [6, 6.07) is 12.7. The first-order chi connectivity index (χ1) is 19.1. The van der Waals surface area contributed by atoms with Crippen molar-refractivity contribution < 1.29 is 27.5 Å². The maximum Gasteiger partial charge on any atom is 0.416 e. The number of alkyl halides is 3. The molecular weight excluding hydrogens is 521 g/mol. The van der Waals surface area contributed by atoms with E-state index in [2.05, 4.69) is 11.9 Å². The summed E-state index contributed by atoms with van der Waals surface area (Å²) in [4.78, 5) is 34.4. The molecule has 3 amide bonds. The van der Waals surface area contributed by atoms with E-state index in [9.17, 15) is 22.8 Å². The molecule has 0 N–H and O–H groups in total. The molecule has 0 aromatic heterocycles. The molecule has 7 nitrogen and oxygen atoms in total. The van der Waals surface area contributed by atoms with Gasteiger partial charge in [0.1, 0.15) is 0 Å². The summed E-state index contributed by atoms with van der Waals surface area (Å²) in [6.07, 6.45) is -0.619. The second-order valence-electron chi connectivity index (χ2n) is 11.1. The molecule has 5 rings (SSSR count). The van der Waals surface area contributed by atoms with Gasteiger partial charge in [-0.2, -0.15) is 13.2 Å². The number of carbonyl (C=O) groups is 2. The van der Waals surface area contributed by atoms with Gasteiger partial charge in [-0.1, -0.05) is 24.3 Å². The second-order valence-corrected chi connectivity index (χ2v) is 11.1. The topological polar surface area (TPSA) is 56.3 Å². The highest BCUT2D eigenvalue weighted by atomic mass is 19.4. The predicted octanol–water partition coefficient (Wildman–Crippen LogP) is 4.82. The summed E-state index contributed by atoms with van der Waals surface area (Å²) in [5.41, 5.74) is 1.19. The largest absolute Gasteiger partial charge is 0.416 e. The molecule has 3 saturated heterocycles. The molecule has 0 spiro atoms. The molecular formula is C30H37F3N4O3. The number of benzene rings is 2. The molecule has 2 aromatic rings. The third-order valence-corrected chi connectivity index (χ3v) is 8.76. The number of nitrogens with zero attached hydrogens (tertiary/aromatic N) is 4. The molecule has 0 radical (unpaired) electrons. The summed E-state index contributed by atoms with van der Waals surface area (Å²) in [5.74, 6) is -0.141. The Hall–Kier alpha value is -3.11. The van der Waals surface area contributed by atoms with E-state index >= 15 is 0 Å². The van der Waals surface area contributed by atoms with Gasteiger partial charge in [0.25, 0.3) is 5.91 Å². The highest BCUT2D eigenvalue weighted by Gasteiger charge is 2.37. The van der Waals surface area contributed by atoms with E-state index in [0.29, 0.717) is 36.3 Å². The lowest BCUT2D eigenvalue weighted by atomic mass is 10.0. The Balaban J connectivity index is 1.14. The number of hydrogen-bond acceptors (Lipinski definition) is 4. The molecule has 2 atom stereocenters. The van der Waals surface area contributed by atoms with E-state index in [-0.39, 0.29) is 18.0 Å². The highest BCUT2D eigenvalue weighted by Crippen LogP contribution is 2.31. The number of hydrogen-bond donors (Lipinski definition) is 0. The third-order valence-electron chi connectivity index (χ3n) is 8.76. The second kappa shape index (κ2) is 11.8.